The number of amides is 2. The van der Waals surface area contributed by atoms with E-state index in [0.29, 0.717) is 18.0 Å². The van der Waals surface area contributed by atoms with Gasteiger partial charge in [0.2, 0.25) is 5.91 Å². The van der Waals surface area contributed by atoms with Gasteiger partial charge in [0, 0.05) is 17.0 Å². The minimum atomic E-state index is -0.986. The molecule has 0 aromatic carbocycles. The molecule has 0 saturated heterocycles. The van der Waals surface area contributed by atoms with Crippen molar-refractivity contribution in [3.8, 4) is 0 Å². The van der Waals surface area contributed by atoms with Crippen LogP contribution in [0.25, 0.3) is 0 Å². The predicted octanol–water partition coefficient (Wildman–Crippen LogP) is 4.71. The van der Waals surface area contributed by atoms with Gasteiger partial charge in [-0.05, 0) is 66.9 Å². The molecule has 39 heavy (non-hydrogen) atoms. The number of ether oxygens (including phenoxy) is 3. The van der Waals surface area contributed by atoms with Gasteiger partial charge in [0.25, 0.3) is 0 Å². The maximum Gasteiger partial charge on any atom is 0.408 e. The Morgan fingerprint density at radius 3 is 2.10 bits per heavy atom. The Labute approximate surface area is 242 Å². The molecule has 0 saturated carbocycles. The van der Waals surface area contributed by atoms with Crippen LogP contribution in [-0.4, -0.2) is 65.4 Å². The summed E-state index contributed by atoms with van der Waals surface area (Å²) >= 11 is 9.76. The van der Waals surface area contributed by atoms with Crippen LogP contribution < -0.4 is 10.6 Å². The molecule has 0 aromatic rings. The molecule has 0 rings (SSSR count). The maximum atomic E-state index is 12.9. The van der Waals surface area contributed by atoms with E-state index in [2.05, 4.69) is 28.3 Å². The molecular weight excluding hydrogens is 546 g/mol. The number of thiol groups is 1. The van der Waals surface area contributed by atoms with Gasteiger partial charge >= 0.3 is 18.0 Å². The summed E-state index contributed by atoms with van der Waals surface area (Å²) in [7, 11) is 0. The van der Waals surface area contributed by atoms with Crippen molar-refractivity contribution in [1.82, 2.24) is 10.6 Å². The van der Waals surface area contributed by atoms with Crippen molar-refractivity contribution < 1.29 is 33.4 Å². The van der Waals surface area contributed by atoms with Crippen molar-refractivity contribution in [2.45, 2.75) is 98.5 Å². The average molecular weight is 590 g/mol. The highest BCUT2D eigenvalue weighted by Crippen LogP contribution is 2.14. The number of alkyl carbamates (subject to hydrolysis) is 1. The zero-order valence-corrected chi connectivity index (χ0v) is 26.1. The second-order valence-corrected chi connectivity index (χ2v) is 11.7. The fourth-order valence-electron chi connectivity index (χ4n) is 2.80. The number of rotatable bonds is 13. The number of alkyl halides is 1. The van der Waals surface area contributed by atoms with Crippen LogP contribution in [0, 0.1) is 5.92 Å². The summed E-state index contributed by atoms with van der Waals surface area (Å²) in [6.45, 7) is 15.5. The van der Waals surface area contributed by atoms with Crippen LogP contribution in [0.1, 0.15) is 75.2 Å². The standard InChI is InChI=1S/C27H44ClN3O7S/c1-17(2)22(31-25(35)38-27(7,8)9)24(34)36-19(12-10-11-13-28)14-21(32)29-15-18(3)30-20(16-39)23(33)37-26(4,5)6/h10,12,16-17,19,22,39H,11,13-15H2,1-9H3,(H,29,32)(H,31,35)/b12-10+,20-16-,30-18+/t19-,22+/m1/s1. The lowest BCUT2D eigenvalue weighted by molar-refractivity contribution is -0.152. The van der Waals surface area contributed by atoms with E-state index in [-0.39, 0.29) is 24.6 Å². The number of esters is 2. The van der Waals surface area contributed by atoms with Gasteiger partial charge in [-0.2, -0.15) is 0 Å². The van der Waals surface area contributed by atoms with Crippen LogP contribution >= 0.6 is 24.2 Å². The number of nitrogens with one attached hydrogen (secondary N) is 2. The fraction of sp³-hybridized carbons (Fsp3) is 0.667. The normalized spacial score (nSPS) is 14.6. The van der Waals surface area contributed by atoms with E-state index in [1.807, 2.05) is 0 Å². The van der Waals surface area contributed by atoms with E-state index >= 15 is 0 Å². The summed E-state index contributed by atoms with van der Waals surface area (Å²) in [4.78, 5) is 54.2. The summed E-state index contributed by atoms with van der Waals surface area (Å²) in [6.07, 6.45) is 1.96. The third kappa shape index (κ3) is 17.6. The molecule has 12 heteroatoms. The molecule has 10 nitrogen and oxygen atoms in total. The number of hydrogen-bond acceptors (Lipinski definition) is 9. The van der Waals surface area contributed by atoms with E-state index in [0.717, 1.165) is 0 Å². The first-order chi connectivity index (χ1) is 17.9. The lowest BCUT2D eigenvalue weighted by Crippen LogP contribution is -2.48. The number of hydrogen-bond donors (Lipinski definition) is 3. The Kier molecular flexibility index (Phi) is 16.1. The lowest BCUT2D eigenvalue weighted by atomic mass is 10.0. The van der Waals surface area contributed by atoms with Gasteiger partial charge in [0.05, 0.1) is 13.0 Å². The second-order valence-electron chi connectivity index (χ2n) is 11.1. The number of carbonyl (C=O) groups excluding carboxylic acids is 4. The molecule has 2 N–H and O–H groups in total. The molecule has 0 radical (unpaired) electrons. The highest BCUT2D eigenvalue weighted by Gasteiger charge is 2.30. The van der Waals surface area contributed by atoms with Gasteiger partial charge in [-0.1, -0.05) is 19.9 Å². The largest absolute Gasteiger partial charge is 0.456 e. The Bertz CT molecular complexity index is 935. The van der Waals surface area contributed by atoms with E-state index in [9.17, 15) is 19.2 Å². The molecule has 0 aromatic heterocycles. The van der Waals surface area contributed by atoms with Crippen LogP contribution in [0.15, 0.2) is 28.2 Å². The molecule has 222 valence electrons. The Hall–Kier alpha value is -2.53. The van der Waals surface area contributed by atoms with Gasteiger partial charge in [-0.3, -0.25) is 4.79 Å². The molecule has 0 aliphatic carbocycles. The number of aliphatic imine (C=N–C) groups is 1. The molecule has 2 amide bonds. The van der Waals surface area contributed by atoms with Crippen molar-refractivity contribution in [2.75, 3.05) is 12.4 Å². The van der Waals surface area contributed by atoms with Crippen molar-refractivity contribution in [1.29, 1.82) is 0 Å². The van der Waals surface area contributed by atoms with Crippen LogP contribution in [0.2, 0.25) is 0 Å². The molecule has 0 fully saturated rings. The van der Waals surface area contributed by atoms with Gasteiger partial charge in [0.1, 0.15) is 23.3 Å². The summed E-state index contributed by atoms with van der Waals surface area (Å²) < 4.78 is 16.1. The first-order valence-corrected chi connectivity index (χ1v) is 13.7. The Balaban J connectivity index is 5.35. The Morgan fingerprint density at radius 1 is 1.03 bits per heavy atom. The highest BCUT2D eigenvalue weighted by molar-refractivity contribution is 7.83. The molecule has 0 bridgehead atoms. The van der Waals surface area contributed by atoms with E-state index in [4.69, 9.17) is 25.8 Å². The molecule has 0 spiro atoms. The third-order valence-electron chi connectivity index (χ3n) is 4.46. The van der Waals surface area contributed by atoms with Crippen molar-refractivity contribution in [3.63, 3.8) is 0 Å². The van der Waals surface area contributed by atoms with Gasteiger partial charge < -0.3 is 24.8 Å². The average Bonchev–Trinajstić information content (AvgIpc) is 2.77. The summed E-state index contributed by atoms with van der Waals surface area (Å²) in [5.74, 6) is -1.72. The minimum Gasteiger partial charge on any atom is -0.456 e. The number of halogens is 1. The van der Waals surface area contributed by atoms with Crippen LogP contribution in [0.5, 0.6) is 0 Å². The number of carbonyl (C=O) groups is 4. The van der Waals surface area contributed by atoms with Gasteiger partial charge in [-0.25, -0.2) is 19.4 Å². The molecule has 0 heterocycles. The molecule has 2 atom stereocenters. The summed E-state index contributed by atoms with van der Waals surface area (Å²) in [5, 5.41) is 6.46. The maximum absolute atomic E-state index is 12.9. The van der Waals surface area contributed by atoms with Crippen LogP contribution in [0.4, 0.5) is 4.79 Å². The zero-order valence-electron chi connectivity index (χ0n) is 24.4. The SMILES string of the molecule is C/C(CNC(=O)C[C@@H](/C=C/CCCl)OC(=O)[C@@H](NC(=O)OC(C)(C)C)C(C)C)=N\C(=C/S)C(=O)OC(C)(C)C. The minimum absolute atomic E-state index is 0.00645. The molecule has 0 unspecified atom stereocenters. The highest BCUT2D eigenvalue weighted by atomic mass is 35.5. The molecule has 0 aliphatic rings. The third-order valence-corrected chi connectivity index (χ3v) is 4.92. The van der Waals surface area contributed by atoms with Gasteiger partial charge in [0.15, 0.2) is 5.70 Å². The number of allylic oxidation sites excluding steroid dienone is 1. The lowest BCUT2D eigenvalue weighted by Gasteiger charge is -2.26. The second kappa shape index (κ2) is 17.2. The van der Waals surface area contributed by atoms with Crippen molar-refractivity contribution in [2.24, 2.45) is 10.9 Å². The fourth-order valence-corrected chi connectivity index (χ4v) is 3.09. The van der Waals surface area contributed by atoms with Crippen LogP contribution in [-0.2, 0) is 28.6 Å². The van der Waals surface area contributed by atoms with E-state index in [1.54, 1.807) is 74.5 Å². The predicted molar refractivity (Wildman–Crippen MR) is 156 cm³/mol. The van der Waals surface area contributed by atoms with Gasteiger partial charge in [-0.15, -0.1) is 24.2 Å². The monoisotopic (exact) mass is 589 g/mol. The Morgan fingerprint density at radius 2 is 1.62 bits per heavy atom. The molecular formula is C27H44ClN3O7S. The van der Waals surface area contributed by atoms with Crippen molar-refractivity contribution in [3.05, 3.63) is 23.3 Å². The van der Waals surface area contributed by atoms with E-state index in [1.165, 1.54) is 5.41 Å². The zero-order chi connectivity index (χ0) is 30.4. The quantitative estimate of drug-likeness (QED) is 0.0539. The van der Waals surface area contributed by atoms with Crippen molar-refractivity contribution >= 4 is 53.9 Å². The molecule has 0 aliphatic heterocycles. The summed E-state index contributed by atoms with van der Waals surface area (Å²) in [6, 6.07) is -0.986. The summed E-state index contributed by atoms with van der Waals surface area (Å²) in [5.41, 5.74) is -1.01. The first kappa shape index (κ1) is 36.5. The smallest absolute Gasteiger partial charge is 0.408 e. The topological polar surface area (TPSA) is 132 Å². The first-order valence-electron chi connectivity index (χ1n) is 12.7. The van der Waals surface area contributed by atoms with Crippen LogP contribution in [0.3, 0.4) is 0 Å². The van der Waals surface area contributed by atoms with E-state index < -0.39 is 47.3 Å². The number of nitrogens with zero attached hydrogens (tertiary/aromatic N) is 1.